The smallest absolute Gasteiger partial charge is 0.248 e. The third-order valence-corrected chi connectivity index (χ3v) is 8.37. The van der Waals surface area contributed by atoms with E-state index in [1.54, 1.807) is 6.08 Å². The average Bonchev–Trinajstić information content (AvgIpc) is 2.92. The van der Waals surface area contributed by atoms with Crippen LogP contribution in [0.3, 0.4) is 0 Å². The van der Waals surface area contributed by atoms with Gasteiger partial charge >= 0.3 is 0 Å². The highest BCUT2D eigenvalue weighted by atomic mass is 35.5. The van der Waals surface area contributed by atoms with E-state index < -0.39 is 0 Å². The fraction of sp³-hybridized carbons (Fsp3) is 0.636. The zero-order valence-electron chi connectivity index (χ0n) is 15.4. The van der Waals surface area contributed by atoms with Crippen molar-refractivity contribution in [2.75, 3.05) is 0 Å². The second kappa shape index (κ2) is 5.67. The van der Waals surface area contributed by atoms with Crippen LogP contribution in [0.1, 0.15) is 59.3 Å². The summed E-state index contributed by atoms with van der Waals surface area (Å²) >= 11 is 5.82. The molecule has 0 saturated heterocycles. The maximum Gasteiger partial charge on any atom is 0.248 e. The second-order valence-corrected chi connectivity index (χ2v) is 9.32. The van der Waals surface area contributed by atoms with Gasteiger partial charge in [0.05, 0.1) is 0 Å². The summed E-state index contributed by atoms with van der Waals surface area (Å²) in [5.41, 5.74) is 3.61. The number of ketones is 1. The zero-order valence-corrected chi connectivity index (χ0v) is 16.2. The first-order valence-corrected chi connectivity index (χ1v) is 9.99. The molecule has 4 rings (SSSR count). The molecule has 0 spiro atoms. The molecule has 0 unspecified atom stereocenters. The number of hydrogen-bond acceptors (Lipinski definition) is 2. The lowest BCUT2D eigenvalue weighted by Gasteiger charge is -2.56. The standard InChI is InChI=1S/C22H27ClO2/c1-13(20(23)25)17-6-7-18-16-5-4-14-12-15(24)8-10-21(14,2)19(16)9-11-22(17,18)3/h8,10,12,16,18-19H,4-7,9,11H2,1-3H3/t16-,18-,19-,21-,22+/m0/s1. The fourth-order valence-corrected chi connectivity index (χ4v) is 6.86. The van der Waals surface area contributed by atoms with Crippen molar-refractivity contribution in [1.82, 2.24) is 0 Å². The van der Waals surface area contributed by atoms with Gasteiger partial charge in [-0.25, -0.2) is 0 Å². The molecule has 3 fully saturated rings. The molecule has 0 bridgehead atoms. The van der Waals surface area contributed by atoms with E-state index in [1.807, 2.05) is 13.0 Å². The van der Waals surface area contributed by atoms with E-state index in [0.29, 0.717) is 17.8 Å². The van der Waals surface area contributed by atoms with E-state index in [0.717, 1.165) is 31.3 Å². The van der Waals surface area contributed by atoms with Crippen LogP contribution in [0.4, 0.5) is 0 Å². The van der Waals surface area contributed by atoms with Gasteiger partial charge in [0.1, 0.15) is 0 Å². The molecule has 3 heteroatoms. The Balaban J connectivity index is 1.71. The van der Waals surface area contributed by atoms with Crippen LogP contribution in [0, 0.1) is 28.6 Å². The number of halogens is 1. The number of carbonyl (C=O) groups excluding carboxylic acids is 2. The quantitative estimate of drug-likeness (QED) is 0.466. The second-order valence-electron chi connectivity index (χ2n) is 8.98. The highest BCUT2D eigenvalue weighted by molar-refractivity contribution is 6.67. The van der Waals surface area contributed by atoms with Crippen LogP contribution in [0.25, 0.3) is 0 Å². The summed E-state index contributed by atoms with van der Waals surface area (Å²) < 4.78 is 0. The maximum absolute atomic E-state index is 11.8. The van der Waals surface area contributed by atoms with E-state index >= 15 is 0 Å². The molecule has 0 aromatic heterocycles. The number of hydrogen-bond donors (Lipinski definition) is 0. The van der Waals surface area contributed by atoms with Crippen LogP contribution in [0.2, 0.25) is 0 Å². The summed E-state index contributed by atoms with van der Waals surface area (Å²) in [5.74, 6) is 2.07. The number of allylic oxidation sites excluding steroid dienone is 6. The van der Waals surface area contributed by atoms with Crippen molar-refractivity contribution in [3.05, 3.63) is 34.9 Å². The average molecular weight is 359 g/mol. The molecule has 0 amide bonds. The molecule has 0 N–H and O–H groups in total. The van der Waals surface area contributed by atoms with Gasteiger partial charge in [0.2, 0.25) is 5.24 Å². The lowest BCUT2D eigenvalue weighted by Crippen LogP contribution is -2.48. The molecule has 5 atom stereocenters. The van der Waals surface area contributed by atoms with Crippen molar-refractivity contribution in [1.29, 1.82) is 0 Å². The summed E-state index contributed by atoms with van der Waals surface area (Å²) in [6.45, 7) is 6.61. The number of carbonyl (C=O) groups is 2. The highest BCUT2D eigenvalue weighted by Crippen LogP contribution is 2.66. The van der Waals surface area contributed by atoms with Gasteiger partial charge in [-0.2, -0.15) is 0 Å². The molecule has 0 radical (unpaired) electrons. The third-order valence-electron chi connectivity index (χ3n) is 8.09. The van der Waals surface area contributed by atoms with E-state index in [2.05, 4.69) is 19.9 Å². The van der Waals surface area contributed by atoms with Crippen LogP contribution < -0.4 is 0 Å². The fourth-order valence-electron chi connectivity index (χ4n) is 6.74. The molecule has 0 heterocycles. The van der Waals surface area contributed by atoms with Crippen molar-refractivity contribution < 1.29 is 9.59 Å². The Labute approximate surface area is 155 Å². The van der Waals surface area contributed by atoms with Gasteiger partial charge in [-0.1, -0.05) is 31.1 Å². The van der Waals surface area contributed by atoms with Crippen LogP contribution >= 0.6 is 11.6 Å². The summed E-state index contributed by atoms with van der Waals surface area (Å²) in [7, 11) is 0. The predicted molar refractivity (Wildman–Crippen MR) is 100 cm³/mol. The predicted octanol–water partition coefficient (Wildman–Crippen LogP) is 5.38. The first kappa shape index (κ1) is 17.3. The first-order valence-electron chi connectivity index (χ1n) is 9.61. The molecule has 0 aliphatic heterocycles. The summed E-state index contributed by atoms with van der Waals surface area (Å²) in [5, 5.41) is -0.284. The van der Waals surface area contributed by atoms with E-state index in [-0.39, 0.29) is 21.9 Å². The van der Waals surface area contributed by atoms with Gasteiger partial charge in [-0.15, -0.1) is 0 Å². The Hall–Kier alpha value is -1.15. The molecular weight excluding hydrogens is 332 g/mol. The molecule has 25 heavy (non-hydrogen) atoms. The van der Waals surface area contributed by atoms with Crippen LogP contribution in [0.5, 0.6) is 0 Å². The van der Waals surface area contributed by atoms with Crippen LogP contribution in [0.15, 0.2) is 34.9 Å². The highest BCUT2D eigenvalue weighted by Gasteiger charge is 2.57. The molecule has 0 aromatic rings. The molecule has 2 nitrogen and oxygen atoms in total. The Bertz CT molecular complexity index is 743. The number of fused-ring (bicyclic) bond motifs is 5. The monoisotopic (exact) mass is 358 g/mol. The van der Waals surface area contributed by atoms with Crippen molar-refractivity contribution in [2.24, 2.45) is 28.6 Å². The van der Waals surface area contributed by atoms with Crippen LogP contribution in [-0.2, 0) is 9.59 Å². The van der Waals surface area contributed by atoms with Gasteiger partial charge in [-0.05, 0) is 92.4 Å². The normalized spacial score (nSPS) is 44.6. The minimum atomic E-state index is -0.284. The summed E-state index contributed by atoms with van der Waals surface area (Å²) in [6, 6.07) is 0. The molecular formula is C22H27ClO2. The van der Waals surface area contributed by atoms with Crippen molar-refractivity contribution in [3.63, 3.8) is 0 Å². The topological polar surface area (TPSA) is 34.1 Å². The zero-order chi connectivity index (χ0) is 18.0. The van der Waals surface area contributed by atoms with E-state index in [4.69, 9.17) is 11.6 Å². The SMILES string of the molecule is CC(C(=O)Cl)=C1CC[C@H]2[C@@H]3CCC4=CC(=O)C=C[C@]4(C)[C@H]3CC[C@]12C. The Morgan fingerprint density at radius 1 is 1.16 bits per heavy atom. The molecule has 4 aliphatic rings. The van der Waals surface area contributed by atoms with E-state index in [1.165, 1.54) is 24.0 Å². The summed E-state index contributed by atoms with van der Waals surface area (Å²) in [4.78, 5) is 23.6. The first-order chi connectivity index (χ1) is 11.8. The number of rotatable bonds is 1. The third kappa shape index (κ3) is 2.36. The minimum absolute atomic E-state index is 0.0436. The molecule has 0 aromatic carbocycles. The van der Waals surface area contributed by atoms with Crippen molar-refractivity contribution in [3.8, 4) is 0 Å². The lowest BCUT2D eigenvalue weighted by atomic mass is 9.48. The van der Waals surface area contributed by atoms with Crippen molar-refractivity contribution in [2.45, 2.75) is 59.3 Å². The van der Waals surface area contributed by atoms with Gasteiger partial charge in [0.25, 0.3) is 0 Å². The van der Waals surface area contributed by atoms with Gasteiger partial charge in [0.15, 0.2) is 5.78 Å². The van der Waals surface area contributed by atoms with Crippen molar-refractivity contribution >= 4 is 22.6 Å². The van der Waals surface area contributed by atoms with E-state index in [9.17, 15) is 9.59 Å². The maximum atomic E-state index is 11.8. The molecule has 134 valence electrons. The largest absolute Gasteiger partial charge is 0.290 e. The Morgan fingerprint density at radius 2 is 1.92 bits per heavy atom. The molecule has 4 aliphatic carbocycles. The molecule has 3 saturated carbocycles. The van der Waals surface area contributed by atoms with Gasteiger partial charge in [0, 0.05) is 11.0 Å². The van der Waals surface area contributed by atoms with Gasteiger partial charge in [-0.3, -0.25) is 9.59 Å². The van der Waals surface area contributed by atoms with Crippen LogP contribution in [-0.4, -0.2) is 11.0 Å². The van der Waals surface area contributed by atoms with Gasteiger partial charge < -0.3 is 0 Å². The Kier molecular flexibility index (Phi) is 3.92. The minimum Gasteiger partial charge on any atom is -0.290 e. The summed E-state index contributed by atoms with van der Waals surface area (Å²) in [6.07, 6.45) is 12.5. The lowest BCUT2D eigenvalue weighted by molar-refractivity contribution is -0.111. The Morgan fingerprint density at radius 3 is 2.64 bits per heavy atom.